The van der Waals surface area contributed by atoms with Gasteiger partial charge >= 0.3 is 0 Å². The maximum atomic E-state index is 9.19. The average Bonchev–Trinajstić information content (AvgIpc) is 2.30. The van der Waals surface area contributed by atoms with Crippen molar-refractivity contribution in [1.29, 1.82) is 0 Å². The van der Waals surface area contributed by atoms with E-state index in [1.807, 2.05) is 18.2 Å². The van der Waals surface area contributed by atoms with Gasteiger partial charge in [-0.15, -0.1) is 0 Å². The second-order valence-corrected chi connectivity index (χ2v) is 4.47. The molecule has 0 aliphatic rings. The predicted octanol–water partition coefficient (Wildman–Crippen LogP) is 2.91. The number of halogens is 1. The van der Waals surface area contributed by atoms with E-state index in [0.29, 0.717) is 23.3 Å². The van der Waals surface area contributed by atoms with Crippen molar-refractivity contribution in [2.45, 2.75) is 32.7 Å². The first-order chi connectivity index (χ1) is 8.15. The number of nitrogens with zero attached hydrogens (tertiary/aromatic N) is 1. The fourth-order valence-electron chi connectivity index (χ4n) is 2.15. The van der Waals surface area contributed by atoms with Crippen molar-refractivity contribution >= 4 is 23.0 Å². The third-order valence-electron chi connectivity index (χ3n) is 3.03. The zero-order chi connectivity index (χ0) is 12.8. The minimum Gasteiger partial charge on any atom is -0.397 e. The van der Waals surface area contributed by atoms with Crippen LogP contribution in [0.25, 0.3) is 0 Å². The SMILES string of the molecule is CCC(CC)N(CCO)c1c(N)cccc1Cl. The number of hydrogen-bond donors (Lipinski definition) is 2. The van der Waals surface area contributed by atoms with E-state index in [-0.39, 0.29) is 6.61 Å². The van der Waals surface area contributed by atoms with Gasteiger partial charge in [0.05, 0.1) is 23.0 Å². The zero-order valence-electron chi connectivity index (χ0n) is 10.5. The van der Waals surface area contributed by atoms with Gasteiger partial charge in [0.2, 0.25) is 0 Å². The Morgan fingerprint density at radius 3 is 2.47 bits per heavy atom. The van der Waals surface area contributed by atoms with Gasteiger partial charge in [-0.25, -0.2) is 0 Å². The summed E-state index contributed by atoms with van der Waals surface area (Å²) in [6.45, 7) is 4.92. The lowest BCUT2D eigenvalue weighted by molar-refractivity contribution is 0.296. The van der Waals surface area contributed by atoms with Crippen molar-refractivity contribution < 1.29 is 5.11 Å². The summed E-state index contributed by atoms with van der Waals surface area (Å²) in [4.78, 5) is 2.11. The van der Waals surface area contributed by atoms with Crippen LogP contribution in [0.5, 0.6) is 0 Å². The van der Waals surface area contributed by atoms with E-state index in [1.165, 1.54) is 0 Å². The van der Waals surface area contributed by atoms with Gasteiger partial charge in [-0.2, -0.15) is 0 Å². The molecule has 0 saturated carbocycles. The molecule has 4 heteroatoms. The summed E-state index contributed by atoms with van der Waals surface area (Å²) >= 11 is 6.21. The van der Waals surface area contributed by atoms with Crippen molar-refractivity contribution in [2.75, 3.05) is 23.8 Å². The van der Waals surface area contributed by atoms with E-state index in [2.05, 4.69) is 18.7 Å². The summed E-state index contributed by atoms with van der Waals surface area (Å²) in [6, 6.07) is 5.86. The Bertz CT molecular complexity index is 333. The number of para-hydroxylation sites is 1. The van der Waals surface area contributed by atoms with Crippen LogP contribution in [0.15, 0.2) is 18.2 Å². The van der Waals surface area contributed by atoms with Crippen LogP contribution >= 0.6 is 11.6 Å². The Kier molecular flexibility index (Phi) is 5.59. The van der Waals surface area contributed by atoms with E-state index >= 15 is 0 Å². The first-order valence-electron chi connectivity index (χ1n) is 6.07. The number of nitrogen functional groups attached to an aromatic ring is 1. The lowest BCUT2D eigenvalue weighted by Gasteiger charge is -2.33. The molecular formula is C13H21ClN2O. The molecule has 0 bridgehead atoms. The van der Waals surface area contributed by atoms with Crippen LogP contribution in [0.3, 0.4) is 0 Å². The molecule has 0 amide bonds. The van der Waals surface area contributed by atoms with E-state index in [9.17, 15) is 5.11 Å². The molecule has 0 fully saturated rings. The minimum atomic E-state index is 0.0984. The first kappa shape index (κ1) is 14.1. The molecule has 96 valence electrons. The van der Waals surface area contributed by atoms with Gasteiger partial charge in [-0.05, 0) is 25.0 Å². The lowest BCUT2D eigenvalue weighted by Crippen LogP contribution is -2.37. The molecule has 0 atom stereocenters. The van der Waals surface area contributed by atoms with Gasteiger partial charge in [0, 0.05) is 12.6 Å². The van der Waals surface area contributed by atoms with Gasteiger partial charge in [0.1, 0.15) is 0 Å². The molecule has 1 aromatic carbocycles. The van der Waals surface area contributed by atoms with E-state index in [1.54, 1.807) is 0 Å². The van der Waals surface area contributed by atoms with Gasteiger partial charge < -0.3 is 15.7 Å². The lowest BCUT2D eigenvalue weighted by atomic mass is 10.1. The largest absolute Gasteiger partial charge is 0.397 e. The first-order valence-corrected chi connectivity index (χ1v) is 6.44. The molecule has 0 saturated heterocycles. The van der Waals surface area contributed by atoms with E-state index in [4.69, 9.17) is 17.3 Å². The van der Waals surface area contributed by atoms with Crippen LogP contribution in [0.4, 0.5) is 11.4 Å². The Morgan fingerprint density at radius 2 is 2.00 bits per heavy atom. The van der Waals surface area contributed by atoms with Crippen molar-refractivity contribution in [3.05, 3.63) is 23.2 Å². The van der Waals surface area contributed by atoms with Crippen LogP contribution in [0.1, 0.15) is 26.7 Å². The number of nitrogens with two attached hydrogens (primary N) is 1. The summed E-state index contributed by atoms with van der Waals surface area (Å²) < 4.78 is 0. The van der Waals surface area contributed by atoms with Crippen LogP contribution in [0, 0.1) is 0 Å². The summed E-state index contributed by atoms with van der Waals surface area (Å²) in [6.07, 6.45) is 2.00. The molecule has 17 heavy (non-hydrogen) atoms. The third kappa shape index (κ3) is 3.27. The maximum Gasteiger partial charge on any atom is 0.0792 e. The van der Waals surface area contributed by atoms with Crippen molar-refractivity contribution in [3.8, 4) is 0 Å². The second kappa shape index (κ2) is 6.72. The molecule has 1 aromatic rings. The molecule has 3 nitrogen and oxygen atoms in total. The highest BCUT2D eigenvalue weighted by Gasteiger charge is 2.19. The molecule has 0 aliphatic carbocycles. The molecule has 1 rings (SSSR count). The van der Waals surface area contributed by atoms with Crippen molar-refractivity contribution in [2.24, 2.45) is 0 Å². The molecule has 0 spiro atoms. The quantitative estimate of drug-likeness (QED) is 0.770. The molecule has 0 aliphatic heterocycles. The standard InChI is InChI=1S/C13H21ClN2O/c1-3-10(4-2)16(8-9-17)13-11(14)6-5-7-12(13)15/h5-7,10,17H,3-4,8-9,15H2,1-2H3. The fraction of sp³-hybridized carbons (Fsp3) is 0.538. The fourth-order valence-corrected chi connectivity index (χ4v) is 2.44. The Labute approximate surface area is 108 Å². The molecule has 0 unspecified atom stereocenters. The molecular weight excluding hydrogens is 236 g/mol. The van der Waals surface area contributed by atoms with Crippen LogP contribution in [-0.4, -0.2) is 24.3 Å². The second-order valence-electron chi connectivity index (χ2n) is 4.06. The van der Waals surface area contributed by atoms with Crippen molar-refractivity contribution in [1.82, 2.24) is 0 Å². The Hall–Kier alpha value is -0.930. The van der Waals surface area contributed by atoms with Crippen LogP contribution < -0.4 is 10.6 Å². The molecule has 0 heterocycles. The number of aliphatic hydroxyl groups excluding tert-OH is 1. The van der Waals surface area contributed by atoms with Gasteiger partial charge in [-0.1, -0.05) is 31.5 Å². The summed E-state index contributed by atoms with van der Waals surface area (Å²) in [5.41, 5.74) is 7.50. The normalized spacial score (nSPS) is 10.9. The highest BCUT2D eigenvalue weighted by molar-refractivity contribution is 6.34. The monoisotopic (exact) mass is 256 g/mol. The minimum absolute atomic E-state index is 0.0984. The maximum absolute atomic E-state index is 9.19. The summed E-state index contributed by atoms with van der Waals surface area (Å²) in [7, 11) is 0. The molecule has 0 aromatic heterocycles. The zero-order valence-corrected chi connectivity index (χ0v) is 11.2. The van der Waals surface area contributed by atoms with Crippen molar-refractivity contribution in [3.63, 3.8) is 0 Å². The van der Waals surface area contributed by atoms with Gasteiger partial charge in [-0.3, -0.25) is 0 Å². The number of benzene rings is 1. The third-order valence-corrected chi connectivity index (χ3v) is 3.33. The Balaban J connectivity index is 3.12. The molecule has 3 N–H and O–H groups in total. The number of anilines is 2. The number of hydrogen-bond acceptors (Lipinski definition) is 3. The molecule has 0 radical (unpaired) electrons. The van der Waals surface area contributed by atoms with Crippen LogP contribution in [0.2, 0.25) is 5.02 Å². The van der Waals surface area contributed by atoms with E-state index < -0.39 is 0 Å². The smallest absolute Gasteiger partial charge is 0.0792 e. The highest BCUT2D eigenvalue weighted by Crippen LogP contribution is 2.34. The van der Waals surface area contributed by atoms with Gasteiger partial charge in [0.25, 0.3) is 0 Å². The summed E-state index contributed by atoms with van der Waals surface area (Å²) in [5.74, 6) is 0. The number of rotatable bonds is 6. The van der Waals surface area contributed by atoms with Crippen LogP contribution in [-0.2, 0) is 0 Å². The summed E-state index contributed by atoms with van der Waals surface area (Å²) in [5, 5.41) is 9.84. The Morgan fingerprint density at radius 1 is 1.35 bits per heavy atom. The average molecular weight is 257 g/mol. The predicted molar refractivity (Wildman–Crippen MR) is 74.7 cm³/mol. The topological polar surface area (TPSA) is 49.5 Å². The van der Waals surface area contributed by atoms with Gasteiger partial charge in [0.15, 0.2) is 0 Å². The highest BCUT2D eigenvalue weighted by atomic mass is 35.5. The number of aliphatic hydroxyl groups is 1. The van der Waals surface area contributed by atoms with E-state index in [0.717, 1.165) is 18.5 Å².